The Morgan fingerprint density at radius 1 is 1.13 bits per heavy atom. The maximum Gasteiger partial charge on any atom is 0.193 e. The molecule has 23 heavy (non-hydrogen) atoms. The Hall–Kier alpha value is -1.76. The van der Waals surface area contributed by atoms with E-state index in [0.717, 1.165) is 30.9 Å². The number of nitrogens with zero attached hydrogens (tertiary/aromatic N) is 1. The van der Waals surface area contributed by atoms with Crippen molar-refractivity contribution in [3.8, 4) is 5.75 Å². The van der Waals surface area contributed by atoms with Gasteiger partial charge in [0.2, 0.25) is 0 Å². The van der Waals surface area contributed by atoms with Crippen LogP contribution in [0.4, 0.5) is 5.69 Å². The van der Waals surface area contributed by atoms with Crippen molar-refractivity contribution in [1.82, 2.24) is 0 Å². The van der Waals surface area contributed by atoms with Crippen LogP contribution in [0.25, 0.3) is 0 Å². The summed E-state index contributed by atoms with van der Waals surface area (Å²) in [6, 6.07) is 17.9. The first-order valence-electron chi connectivity index (χ1n) is 7.61. The molecule has 0 fully saturated rings. The minimum absolute atomic E-state index is 0. The maximum absolute atomic E-state index is 5.88. The summed E-state index contributed by atoms with van der Waals surface area (Å²) in [4.78, 5) is 4.35. The van der Waals surface area contributed by atoms with Crippen LogP contribution in [0, 0.1) is 0 Å². The fraction of sp³-hybridized carbons (Fsp3) is 0.278. The highest BCUT2D eigenvalue weighted by Gasteiger charge is 1.98. The number of halogens is 1. The third-order valence-electron chi connectivity index (χ3n) is 3.10. The summed E-state index contributed by atoms with van der Waals surface area (Å²) in [5, 5.41) is 3.07. The Morgan fingerprint density at radius 2 is 1.91 bits per heavy atom. The molecule has 0 radical (unpaired) electrons. The van der Waals surface area contributed by atoms with Gasteiger partial charge in [-0.2, -0.15) is 0 Å². The first-order chi connectivity index (χ1) is 10.8. The molecule has 0 bridgehead atoms. The Labute approximate surface area is 155 Å². The molecule has 0 aliphatic heterocycles. The summed E-state index contributed by atoms with van der Waals surface area (Å²) in [6.07, 6.45) is 1.84. The standard InChI is InChI=1S/C18H23N3O.HI/c1-2-13-22-17-10-6-7-15(14-17)11-12-20-18(19)21-16-8-4-3-5-9-16;/h3-10,14H,2,11-13H2,1H3,(H3,19,20,21);1H. The van der Waals surface area contributed by atoms with Gasteiger partial charge in [-0.3, -0.25) is 4.99 Å². The van der Waals surface area contributed by atoms with E-state index >= 15 is 0 Å². The minimum atomic E-state index is 0. The number of nitrogens with two attached hydrogens (primary N) is 1. The topological polar surface area (TPSA) is 59.6 Å². The van der Waals surface area contributed by atoms with Crippen LogP contribution in [0.15, 0.2) is 59.6 Å². The van der Waals surface area contributed by atoms with Gasteiger partial charge in [0, 0.05) is 12.2 Å². The Kier molecular flexibility index (Phi) is 9.12. The van der Waals surface area contributed by atoms with Crippen LogP contribution in [-0.2, 0) is 6.42 Å². The molecular weight excluding hydrogens is 401 g/mol. The number of nitrogens with one attached hydrogen (secondary N) is 1. The van der Waals surface area contributed by atoms with Gasteiger partial charge in [-0.1, -0.05) is 37.3 Å². The number of anilines is 1. The first-order valence-corrected chi connectivity index (χ1v) is 7.61. The van der Waals surface area contributed by atoms with Gasteiger partial charge in [-0.15, -0.1) is 24.0 Å². The van der Waals surface area contributed by atoms with Crippen molar-refractivity contribution in [2.24, 2.45) is 10.7 Å². The Morgan fingerprint density at radius 3 is 2.65 bits per heavy atom. The lowest BCUT2D eigenvalue weighted by Gasteiger charge is -2.07. The largest absolute Gasteiger partial charge is 0.494 e. The molecule has 0 saturated carbocycles. The predicted molar refractivity (Wildman–Crippen MR) is 108 cm³/mol. The second-order valence-electron chi connectivity index (χ2n) is 5.00. The SMILES string of the molecule is CCCOc1cccc(CCN=C(N)Nc2ccccc2)c1.I. The Bertz CT molecular complexity index is 602. The van der Waals surface area contributed by atoms with E-state index in [1.165, 1.54) is 5.56 Å². The van der Waals surface area contributed by atoms with Crippen molar-refractivity contribution in [1.29, 1.82) is 0 Å². The van der Waals surface area contributed by atoms with Crippen LogP contribution >= 0.6 is 24.0 Å². The molecule has 2 aromatic carbocycles. The molecule has 124 valence electrons. The second-order valence-corrected chi connectivity index (χ2v) is 5.00. The molecule has 0 saturated heterocycles. The van der Waals surface area contributed by atoms with E-state index in [-0.39, 0.29) is 24.0 Å². The fourth-order valence-electron chi connectivity index (χ4n) is 2.03. The zero-order valence-corrected chi connectivity index (χ0v) is 15.7. The summed E-state index contributed by atoms with van der Waals surface area (Å²) < 4.78 is 5.63. The van der Waals surface area contributed by atoms with Crippen molar-refractivity contribution in [3.05, 3.63) is 60.2 Å². The fourth-order valence-corrected chi connectivity index (χ4v) is 2.03. The third kappa shape index (κ3) is 7.36. The van der Waals surface area contributed by atoms with E-state index < -0.39 is 0 Å². The Balaban J connectivity index is 0.00000264. The van der Waals surface area contributed by atoms with Gasteiger partial charge >= 0.3 is 0 Å². The predicted octanol–water partition coefficient (Wildman–Crippen LogP) is 4.06. The van der Waals surface area contributed by atoms with E-state index in [1.807, 2.05) is 42.5 Å². The lowest BCUT2D eigenvalue weighted by atomic mass is 10.1. The molecule has 0 aliphatic carbocycles. The highest BCUT2D eigenvalue weighted by atomic mass is 127. The molecule has 0 amide bonds. The second kappa shape index (κ2) is 10.9. The summed E-state index contributed by atoms with van der Waals surface area (Å²) in [5.41, 5.74) is 8.02. The van der Waals surface area contributed by atoms with E-state index in [4.69, 9.17) is 10.5 Å². The van der Waals surface area contributed by atoms with Crippen LogP contribution in [0.5, 0.6) is 5.75 Å². The van der Waals surface area contributed by atoms with Gasteiger partial charge in [0.15, 0.2) is 5.96 Å². The number of guanidine groups is 1. The molecule has 0 aromatic heterocycles. The van der Waals surface area contributed by atoms with Gasteiger partial charge in [0.25, 0.3) is 0 Å². The van der Waals surface area contributed by atoms with Crippen molar-refractivity contribution in [2.45, 2.75) is 19.8 Å². The molecule has 0 heterocycles. The molecular formula is C18H24IN3O. The molecule has 0 spiro atoms. The number of hydrogen-bond donors (Lipinski definition) is 2. The maximum atomic E-state index is 5.88. The lowest BCUT2D eigenvalue weighted by molar-refractivity contribution is 0.317. The summed E-state index contributed by atoms with van der Waals surface area (Å²) >= 11 is 0. The molecule has 0 atom stereocenters. The average Bonchev–Trinajstić information content (AvgIpc) is 2.54. The molecule has 0 unspecified atom stereocenters. The van der Waals surface area contributed by atoms with Crippen molar-refractivity contribution in [2.75, 3.05) is 18.5 Å². The number of para-hydroxylation sites is 1. The van der Waals surface area contributed by atoms with E-state index in [2.05, 4.69) is 29.4 Å². The summed E-state index contributed by atoms with van der Waals surface area (Å²) in [7, 11) is 0. The molecule has 2 aromatic rings. The quantitative estimate of drug-likeness (QED) is 0.400. The number of aliphatic imine (C=N–C) groups is 1. The number of hydrogen-bond acceptors (Lipinski definition) is 2. The van der Waals surface area contributed by atoms with Crippen molar-refractivity contribution in [3.63, 3.8) is 0 Å². The molecule has 3 N–H and O–H groups in total. The number of rotatable bonds is 7. The average molecular weight is 425 g/mol. The summed E-state index contributed by atoms with van der Waals surface area (Å²) in [5.74, 6) is 1.35. The van der Waals surface area contributed by atoms with Crippen molar-refractivity contribution < 1.29 is 4.74 Å². The highest BCUT2D eigenvalue weighted by molar-refractivity contribution is 14.0. The van der Waals surface area contributed by atoms with E-state index in [9.17, 15) is 0 Å². The van der Waals surface area contributed by atoms with Crippen LogP contribution in [0.1, 0.15) is 18.9 Å². The zero-order chi connectivity index (χ0) is 15.6. The van der Waals surface area contributed by atoms with Crippen LogP contribution in [-0.4, -0.2) is 19.1 Å². The van der Waals surface area contributed by atoms with Crippen LogP contribution in [0.2, 0.25) is 0 Å². The molecule has 0 aliphatic rings. The first kappa shape index (κ1) is 19.3. The monoisotopic (exact) mass is 425 g/mol. The third-order valence-corrected chi connectivity index (χ3v) is 3.10. The number of ether oxygens (including phenoxy) is 1. The van der Waals surface area contributed by atoms with Gasteiger partial charge in [-0.05, 0) is 42.7 Å². The zero-order valence-electron chi connectivity index (χ0n) is 13.4. The molecule has 5 heteroatoms. The smallest absolute Gasteiger partial charge is 0.193 e. The van der Waals surface area contributed by atoms with Gasteiger partial charge in [0.05, 0.1) is 6.61 Å². The van der Waals surface area contributed by atoms with E-state index in [1.54, 1.807) is 0 Å². The number of benzene rings is 2. The lowest BCUT2D eigenvalue weighted by Crippen LogP contribution is -2.23. The van der Waals surface area contributed by atoms with Crippen LogP contribution < -0.4 is 15.8 Å². The van der Waals surface area contributed by atoms with E-state index in [0.29, 0.717) is 12.5 Å². The molecule has 4 nitrogen and oxygen atoms in total. The van der Waals surface area contributed by atoms with Crippen LogP contribution in [0.3, 0.4) is 0 Å². The summed E-state index contributed by atoms with van der Waals surface area (Å²) in [6.45, 7) is 3.49. The van der Waals surface area contributed by atoms with Gasteiger partial charge in [-0.25, -0.2) is 0 Å². The molecule has 2 rings (SSSR count). The van der Waals surface area contributed by atoms with Gasteiger partial charge < -0.3 is 15.8 Å². The van der Waals surface area contributed by atoms with Gasteiger partial charge in [0.1, 0.15) is 5.75 Å². The normalized spacial score (nSPS) is 10.7. The van der Waals surface area contributed by atoms with Crippen molar-refractivity contribution >= 4 is 35.6 Å². The minimum Gasteiger partial charge on any atom is -0.494 e. The highest BCUT2D eigenvalue weighted by Crippen LogP contribution is 2.14.